The molecule has 3 rings (SSSR count). The average molecular weight is 286 g/mol. The lowest BCUT2D eigenvalue weighted by molar-refractivity contribution is 0.291. The quantitative estimate of drug-likeness (QED) is 0.863. The molecule has 1 aliphatic rings. The largest absolute Gasteiger partial charge is 0.493 e. The minimum Gasteiger partial charge on any atom is -0.493 e. The van der Waals surface area contributed by atoms with Crippen LogP contribution < -0.4 is 9.47 Å². The number of fused-ring (bicyclic) bond motifs is 1. The zero-order chi connectivity index (χ0) is 13.9. The van der Waals surface area contributed by atoms with Gasteiger partial charge in [-0.05, 0) is 29.8 Å². The van der Waals surface area contributed by atoms with Crippen molar-refractivity contribution in [3.8, 4) is 17.6 Å². The van der Waals surface area contributed by atoms with Crippen molar-refractivity contribution in [1.82, 2.24) is 0 Å². The highest BCUT2D eigenvalue weighted by atomic mass is 35.5. The van der Waals surface area contributed by atoms with Crippen LogP contribution in [0.15, 0.2) is 36.4 Å². The van der Waals surface area contributed by atoms with Crippen LogP contribution in [0.4, 0.5) is 0 Å². The Morgan fingerprint density at radius 2 is 2.15 bits per heavy atom. The Balaban J connectivity index is 1.85. The van der Waals surface area contributed by atoms with Crippen LogP contribution in [0.25, 0.3) is 0 Å². The van der Waals surface area contributed by atoms with Crippen molar-refractivity contribution in [2.45, 2.75) is 13.0 Å². The molecule has 0 saturated carbocycles. The molecule has 0 fully saturated rings. The zero-order valence-electron chi connectivity index (χ0n) is 10.7. The van der Waals surface area contributed by atoms with Crippen LogP contribution in [0.5, 0.6) is 11.5 Å². The Morgan fingerprint density at radius 1 is 1.30 bits per heavy atom. The first kappa shape index (κ1) is 12.8. The van der Waals surface area contributed by atoms with Crippen molar-refractivity contribution in [2.24, 2.45) is 0 Å². The van der Waals surface area contributed by atoms with E-state index in [-0.39, 0.29) is 0 Å². The first-order valence-electron chi connectivity index (χ1n) is 6.34. The van der Waals surface area contributed by atoms with E-state index in [1.807, 2.05) is 24.3 Å². The maximum absolute atomic E-state index is 9.04. The van der Waals surface area contributed by atoms with Gasteiger partial charge in [0, 0.05) is 17.0 Å². The van der Waals surface area contributed by atoms with Crippen LogP contribution >= 0.6 is 11.6 Å². The van der Waals surface area contributed by atoms with Crippen LogP contribution in [-0.4, -0.2) is 6.61 Å². The molecule has 0 atom stereocenters. The van der Waals surface area contributed by atoms with E-state index in [1.165, 1.54) is 0 Å². The minimum atomic E-state index is 0.335. The fraction of sp³-hybridized carbons (Fsp3) is 0.188. The molecule has 0 N–H and O–H groups in total. The van der Waals surface area contributed by atoms with Crippen molar-refractivity contribution in [3.63, 3.8) is 0 Å². The van der Waals surface area contributed by atoms with E-state index < -0.39 is 0 Å². The van der Waals surface area contributed by atoms with Crippen LogP contribution in [0.1, 0.15) is 16.7 Å². The molecule has 0 aromatic heterocycles. The highest BCUT2D eigenvalue weighted by molar-refractivity contribution is 6.30. The molecule has 0 spiro atoms. The third kappa shape index (κ3) is 2.43. The number of para-hydroxylation sites is 1. The highest BCUT2D eigenvalue weighted by Gasteiger charge is 2.18. The second kappa shape index (κ2) is 5.44. The third-order valence-electron chi connectivity index (χ3n) is 3.22. The Labute approximate surface area is 122 Å². The van der Waals surface area contributed by atoms with Crippen LogP contribution in [-0.2, 0) is 13.0 Å². The molecule has 2 aromatic carbocycles. The number of halogens is 1. The number of ether oxygens (including phenoxy) is 2. The van der Waals surface area contributed by atoms with Crippen molar-refractivity contribution in [2.75, 3.05) is 6.61 Å². The maximum Gasteiger partial charge on any atom is 0.137 e. The molecule has 0 radical (unpaired) electrons. The number of hydrogen-bond acceptors (Lipinski definition) is 3. The molecule has 0 aliphatic carbocycles. The van der Waals surface area contributed by atoms with Gasteiger partial charge in [0.05, 0.1) is 12.2 Å². The number of nitrogens with zero attached hydrogens (tertiary/aromatic N) is 1. The summed E-state index contributed by atoms with van der Waals surface area (Å²) in [7, 11) is 0. The summed E-state index contributed by atoms with van der Waals surface area (Å²) in [5.74, 6) is 1.44. The predicted octanol–water partition coefficient (Wildman–Crippen LogP) is 3.73. The normalized spacial score (nSPS) is 12.4. The summed E-state index contributed by atoms with van der Waals surface area (Å²) in [4.78, 5) is 0. The Hall–Kier alpha value is -2.18. The van der Waals surface area contributed by atoms with E-state index >= 15 is 0 Å². The van der Waals surface area contributed by atoms with Gasteiger partial charge in [-0.25, -0.2) is 0 Å². The number of rotatable bonds is 3. The van der Waals surface area contributed by atoms with E-state index in [0.717, 1.165) is 23.3 Å². The number of nitriles is 1. The molecular formula is C16H12ClNO2. The lowest BCUT2D eigenvalue weighted by Crippen LogP contribution is -2.00. The van der Waals surface area contributed by atoms with Gasteiger partial charge in [0.1, 0.15) is 24.2 Å². The standard InChI is InChI=1S/C16H12ClNO2/c17-14-7-11-5-6-19-16(11)13(8-14)10-20-15-4-2-1-3-12(15)9-18/h1-4,7-8H,5-6,10H2. The summed E-state index contributed by atoms with van der Waals surface area (Å²) in [5, 5.41) is 9.72. The highest BCUT2D eigenvalue weighted by Crippen LogP contribution is 2.33. The van der Waals surface area contributed by atoms with Gasteiger partial charge in [-0.1, -0.05) is 23.7 Å². The summed E-state index contributed by atoms with van der Waals surface area (Å²) in [6.45, 7) is 1.01. The van der Waals surface area contributed by atoms with Gasteiger partial charge in [-0.15, -0.1) is 0 Å². The molecule has 1 aliphatic heterocycles. The van der Waals surface area contributed by atoms with Gasteiger partial charge in [-0.3, -0.25) is 0 Å². The zero-order valence-corrected chi connectivity index (χ0v) is 11.5. The number of hydrogen-bond donors (Lipinski definition) is 0. The molecule has 0 amide bonds. The van der Waals surface area contributed by atoms with Gasteiger partial charge >= 0.3 is 0 Å². The molecule has 20 heavy (non-hydrogen) atoms. The van der Waals surface area contributed by atoms with E-state index in [1.54, 1.807) is 12.1 Å². The smallest absolute Gasteiger partial charge is 0.137 e. The SMILES string of the molecule is N#Cc1ccccc1OCc1cc(Cl)cc2c1OCC2. The van der Waals surface area contributed by atoms with Crippen LogP contribution in [0.2, 0.25) is 5.02 Å². The van der Waals surface area contributed by atoms with Crippen molar-refractivity contribution in [1.29, 1.82) is 5.26 Å². The molecule has 2 aromatic rings. The van der Waals surface area contributed by atoms with E-state index in [4.69, 9.17) is 26.3 Å². The molecular weight excluding hydrogens is 274 g/mol. The molecule has 4 heteroatoms. The molecule has 0 bridgehead atoms. The van der Waals surface area contributed by atoms with E-state index in [9.17, 15) is 0 Å². The van der Waals surface area contributed by atoms with Gasteiger partial charge in [0.25, 0.3) is 0 Å². The molecule has 0 saturated heterocycles. The molecule has 3 nitrogen and oxygen atoms in total. The second-order valence-electron chi connectivity index (χ2n) is 4.55. The predicted molar refractivity (Wildman–Crippen MR) is 76.1 cm³/mol. The van der Waals surface area contributed by atoms with E-state index in [0.29, 0.717) is 29.5 Å². The lowest BCUT2D eigenvalue weighted by Gasteiger charge is -2.11. The minimum absolute atomic E-state index is 0.335. The third-order valence-corrected chi connectivity index (χ3v) is 3.43. The maximum atomic E-state index is 9.04. The van der Waals surface area contributed by atoms with Gasteiger partial charge in [-0.2, -0.15) is 5.26 Å². The monoisotopic (exact) mass is 285 g/mol. The van der Waals surface area contributed by atoms with Gasteiger partial charge < -0.3 is 9.47 Å². The second-order valence-corrected chi connectivity index (χ2v) is 4.98. The fourth-order valence-corrected chi connectivity index (χ4v) is 2.56. The number of benzene rings is 2. The summed E-state index contributed by atoms with van der Waals surface area (Å²) in [6.07, 6.45) is 0.873. The Bertz CT molecular complexity index is 691. The van der Waals surface area contributed by atoms with E-state index in [2.05, 4.69) is 6.07 Å². The summed E-state index contributed by atoms with van der Waals surface area (Å²) in [5.41, 5.74) is 2.55. The first-order valence-corrected chi connectivity index (χ1v) is 6.72. The van der Waals surface area contributed by atoms with Gasteiger partial charge in [0.15, 0.2) is 0 Å². The summed E-state index contributed by atoms with van der Waals surface area (Å²) in [6, 6.07) is 13.1. The molecule has 1 heterocycles. The topological polar surface area (TPSA) is 42.2 Å². The summed E-state index contributed by atoms with van der Waals surface area (Å²) < 4.78 is 11.4. The first-order chi connectivity index (χ1) is 9.78. The van der Waals surface area contributed by atoms with Crippen LogP contribution in [0, 0.1) is 11.3 Å². The molecule has 100 valence electrons. The van der Waals surface area contributed by atoms with Crippen LogP contribution in [0.3, 0.4) is 0 Å². The molecule has 0 unspecified atom stereocenters. The van der Waals surface area contributed by atoms with Crippen molar-refractivity contribution < 1.29 is 9.47 Å². The van der Waals surface area contributed by atoms with Crippen molar-refractivity contribution in [3.05, 3.63) is 58.1 Å². The fourth-order valence-electron chi connectivity index (χ4n) is 2.29. The Kier molecular flexibility index (Phi) is 3.49. The van der Waals surface area contributed by atoms with Crippen molar-refractivity contribution >= 4 is 11.6 Å². The Morgan fingerprint density at radius 3 is 3.00 bits per heavy atom. The lowest BCUT2D eigenvalue weighted by atomic mass is 10.1. The summed E-state index contributed by atoms with van der Waals surface area (Å²) >= 11 is 6.11. The average Bonchev–Trinajstić information content (AvgIpc) is 2.93. The van der Waals surface area contributed by atoms with Gasteiger partial charge in [0.2, 0.25) is 0 Å².